The van der Waals surface area contributed by atoms with Crippen LogP contribution in [-0.4, -0.2) is 57.9 Å². The quantitative estimate of drug-likeness (QED) is 0.311. The fourth-order valence-corrected chi connectivity index (χ4v) is 7.66. The number of methoxy groups -OCH3 is 1. The molecular weight excluding hydrogens is 580 g/mol. The summed E-state index contributed by atoms with van der Waals surface area (Å²) in [4.78, 5) is 11.8. The van der Waals surface area contributed by atoms with E-state index in [2.05, 4.69) is 6.07 Å². The van der Waals surface area contributed by atoms with Crippen LogP contribution in [0.5, 0.6) is 17.2 Å². The number of benzene rings is 3. The molecule has 2 aliphatic heterocycles. The molecule has 3 aromatic rings. The van der Waals surface area contributed by atoms with Crippen LogP contribution < -0.4 is 14.2 Å². The first-order valence-electron chi connectivity index (χ1n) is 14.8. The molecule has 0 saturated carbocycles. The van der Waals surface area contributed by atoms with E-state index in [0.29, 0.717) is 43.2 Å². The molecule has 9 nitrogen and oxygen atoms in total. The van der Waals surface area contributed by atoms with Gasteiger partial charge < -0.3 is 18.9 Å². The summed E-state index contributed by atoms with van der Waals surface area (Å²) in [6.45, 7) is 5.28. The van der Waals surface area contributed by atoms with Crippen molar-refractivity contribution in [2.24, 2.45) is 0 Å². The van der Waals surface area contributed by atoms with E-state index in [1.165, 1.54) is 17.7 Å². The molecule has 1 fully saturated rings. The Morgan fingerprint density at radius 1 is 1.02 bits per heavy atom. The molecule has 3 atom stereocenters. The predicted octanol–water partition coefficient (Wildman–Crippen LogP) is 5.36. The molecule has 0 aromatic heterocycles. The molecule has 0 radical (unpaired) electrons. The highest BCUT2D eigenvalue weighted by Gasteiger charge is 2.33. The van der Waals surface area contributed by atoms with Gasteiger partial charge in [-0.2, -0.15) is 9.57 Å². The molecule has 0 spiro atoms. The summed E-state index contributed by atoms with van der Waals surface area (Å²) in [5, 5.41) is 10.1. The maximum absolute atomic E-state index is 11.9. The lowest BCUT2D eigenvalue weighted by atomic mass is 9.87. The van der Waals surface area contributed by atoms with E-state index in [9.17, 15) is 18.5 Å². The van der Waals surface area contributed by atoms with Gasteiger partial charge in [0, 0.05) is 29.7 Å². The average molecular weight is 617 g/mol. The number of fused-ring (bicyclic) bond motifs is 2. The normalized spacial score (nSPS) is 20.8. The van der Waals surface area contributed by atoms with Crippen LogP contribution in [0.3, 0.4) is 0 Å². The highest BCUT2D eigenvalue weighted by atomic mass is 32.2. The summed E-state index contributed by atoms with van der Waals surface area (Å²) in [5.41, 5.74) is 7.71. The highest BCUT2D eigenvalue weighted by Crippen LogP contribution is 2.45. The molecule has 3 aromatic carbocycles. The minimum Gasteiger partial charge on any atom is -0.492 e. The molecule has 10 heteroatoms. The van der Waals surface area contributed by atoms with E-state index in [0.717, 1.165) is 57.5 Å². The Bertz CT molecular complexity index is 1760. The SMILES string of the molecule is COC(=O)C[C@@H]1COc2cc(O[C@@H]3CCc4c3ccc(C#N)c4-c3c(C)cc(O[C@@H]4CCN(S(C)(=O)=O)C4)cc3C)ccc21. The lowest BCUT2D eigenvalue weighted by molar-refractivity contribution is -0.141. The van der Waals surface area contributed by atoms with Crippen molar-refractivity contribution in [2.45, 2.75) is 57.7 Å². The number of hydrogen-bond donors (Lipinski definition) is 0. The number of nitriles is 1. The van der Waals surface area contributed by atoms with Gasteiger partial charge in [-0.3, -0.25) is 4.79 Å². The summed E-state index contributed by atoms with van der Waals surface area (Å²) in [5.74, 6) is 1.83. The van der Waals surface area contributed by atoms with Crippen molar-refractivity contribution in [1.29, 1.82) is 5.26 Å². The van der Waals surface area contributed by atoms with Gasteiger partial charge in [0.1, 0.15) is 29.5 Å². The number of ether oxygens (including phenoxy) is 4. The van der Waals surface area contributed by atoms with Crippen molar-refractivity contribution in [1.82, 2.24) is 4.31 Å². The highest BCUT2D eigenvalue weighted by molar-refractivity contribution is 7.88. The zero-order chi connectivity index (χ0) is 31.2. The Balaban J connectivity index is 1.25. The van der Waals surface area contributed by atoms with Gasteiger partial charge in [-0.25, -0.2) is 8.42 Å². The molecule has 230 valence electrons. The van der Waals surface area contributed by atoms with Crippen molar-refractivity contribution < 1.29 is 32.2 Å². The van der Waals surface area contributed by atoms with Gasteiger partial charge >= 0.3 is 5.97 Å². The Kier molecular flexibility index (Phi) is 8.03. The van der Waals surface area contributed by atoms with Crippen LogP contribution in [0, 0.1) is 25.2 Å². The molecule has 1 saturated heterocycles. The maximum Gasteiger partial charge on any atom is 0.306 e. The molecule has 6 rings (SSSR count). The second-order valence-corrected chi connectivity index (χ2v) is 13.9. The Labute approximate surface area is 258 Å². The zero-order valence-electron chi connectivity index (χ0n) is 25.4. The van der Waals surface area contributed by atoms with E-state index in [4.69, 9.17) is 18.9 Å². The second-order valence-electron chi connectivity index (χ2n) is 11.9. The second kappa shape index (κ2) is 11.8. The molecule has 0 unspecified atom stereocenters. The van der Waals surface area contributed by atoms with Crippen molar-refractivity contribution >= 4 is 16.0 Å². The van der Waals surface area contributed by atoms with Gasteiger partial charge in [-0.15, -0.1) is 0 Å². The number of rotatable bonds is 8. The number of carbonyl (C=O) groups excluding carboxylic acids is 1. The summed E-state index contributed by atoms with van der Waals surface area (Å²) in [6, 6.07) is 16.0. The molecule has 2 heterocycles. The van der Waals surface area contributed by atoms with Gasteiger partial charge in [-0.1, -0.05) is 12.1 Å². The third kappa shape index (κ3) is 5.74. The van der Waals surface area contributed by atoms with Crippen molar-refractivity contribution in [3.63, 3.8) is 0 Å². The Hall–Kier alpha value is -4.07. The fourth-order valence-electron chi connectivity index (χ4n) is 6.79. The van der Waals surface area contributed by atoms with Crippen LogP contribution in [0.15, 0.2) is 42.5 Å². The van der Waals surface area contributed by atoms with Crippen LogP contribution in [0.2, 0.25) is 0 Å². The van der Waals surface area contributed by atoms with E-state index >= 15 is 0 Å². The van der Waals surface area contributed by atoms with Gasteiger partial charge in [0.15, 0.2) is 0 Å². The molecule has 3 aliphatic rings. The fraction of sp³-hybridized carbons (Fsp3) is 0.412. The van der Waals surface area contributed by atoms with Crippen LogP contribution in [0.25, 0.3) is 11.1 Å². The predicted molar refractivity (Wildman–Crippen MR) is 165 cm³/mol. The van der Waals surface area contributed by atoms with Crippen molar-refractivity contribution in [3.8, 4) is 34.4 Å². The summed E-state index contributed by atoms with van der Waals surface area (Å²) in [7, 11) is -1.85. The minimum absolute atomic E-state index is 0.0331. The number of esters is 1. The van der Waals surface area contributed by atoms with Gasteiger partial charge in [0.2, 0.25) is 10.0 Å². The Morgan fingerprint density at radius 3 is 2.45 bits per heavy atom. The van der Waals surface area contributed by atoms with Crippen LogP contribution in [0.1, 0.15) is 64.7 Å². The van der Waals surface area contributed by atoms with Crippen LogP contribution in [-0.2, 0) is 26.0 Å². The van der Waals surface area contributed by atoms with Crippen LogP contribution >= 0.6 is 0 Å². The van der Waals surface area contributed by atoms with E-state index in [1.807, 2.05) is 56.3 Å². The lowest BCUT2D eigenvalue weighted by Gasteiger charge is -2.21. The first-order chi connectivity index (χ1) is 21.0. The standard InChI is InChI=1S/C34H36N2O7S/c1-20-13-26(42-25-11-12-36(18-25)44(4,38)39)14-21(2)33(20)34-22(17-35)5-7-28-29(34)9-10-30(28)43-24-6-8-27-23(15-32(37)40-3)19-41-31(27)16-24/h5-8,13-14,16,23,25,30H,9-12,15,18-19H2,1-4H3/t23-,25-,30-/m1/s1. The molecule has 44 heavy (non-hydrogen) atoms. The molecular formula is C34H36N2O7S. The first kappa shape index (κ1) is 30.0. The minimum atomic E-state index is -3.24. The molecule has 0 bridgehead atoms. The monoisotopic (exact) mass is 616 g/mol. The van der Waals surface area contributed by atoms with Crippen LogP contribution in [0.4, 0.5) is 0 Å². The maximum atomic E-state index is 11.9. The van der Waals surface area contributed by atoms with Gasteiger partial charge in [0.05, 0.1) is 44.6 Å². The van der Waals surface area contributed by atoms with E-state index in [-0.39, 0.29) is 30.5 Å². The van der Waals surface area contributed by atoms with E-state index < -0.39 is 10.0 Å². The van der Waals surface area contributed by atoms with Gasteiger partial charge in [-0.05, 0) is 85.2 Å². The number of carbonyl (C=O) groups is 1. The summed E-state index contributed by atoms with van der Waals surface area (Å²) in [6.07, 6.45) is 3.31. The smallest absolute Gasteiger partial charge is 0.306 e. The number of nitrogens with zero attached hydrogens (tertiary/aromatic N) is 2. The summed E-state index contributed by atoms with van der Waals surface area (Å²) >= 11 is 0. The number of hydrogen-bond acceptors (Lipinski definition) is 8. The summed E-state index contributed by atoms with van der Waals surface area (Å²) < 4.78 is 48.7. The third-order valence-electron chi connectivity index (χ3n) is 8.89. The van der Waals surface area contributed by atoms with Crippen molar-refractivity contribution in [2.75, 3.05) is 33.1 Å². The zero-order valence-corrected chi connectivity index (χ0v) is 26.2. The molecule has 0 amide bonds. The molecule has 1 aliphatic carbocycles. The molecule has 0 N–H and O–H groups in total. The third-order valence-corrected chi connectivity index (χ3v) is 10.2. The van der Waals surface area contributed by atoms with E-state index in [1.54, 1.807) is 0 Å². The Morgan fingerprint density at radius 2 is 1.77 bits per heavy atom. The van der Waals surface area contributed by atoms with Gasteiger partial charge in [0.25, 0.3) is 0 Å². The topological polar surface area (TPSA) is 115 Å². The number of sulfonamides is 1. The lowest BCUT2D eigenvalue weighted by Crippen LogP contribution is -2.29. The van der Waals surface area contributed by atoms with Crippen molar-refractivity contribution in [3.05, 3.63) is 75.8 Å². The average Bonchev–Trinajstić information content (AvgIpc) is 3.72. The first-order valence-corrected chi connectivity index (χ1v) is 16.7. The largest absolute Gasteiger partial charge is 0.492 e. The number of aryl methyl sites for hydroxylation is 2.